The average Bonchev–Trinajstić information content (AvgIpc) is 2.14. The lowest BCUT2D eigenvalue weighted by Crippen LogP contribution is -2.41. The molecule has 0 aliphatic carbocycles. The molecule has 7 heteroatoms. The molecule has 0 fully saturated rings. The molecular formula is C7H13ClF3NO2. The standard InChI is InChI=1S/C7H12F3NO2.ClH/c8-2-7(3-9,4-10)1-5(11)6(12)13;/h5H,1-4,11H2,(H,12,13);1H. The Labute approximate surface area is 85.9 Å². The van der Waals surface area contributed by atoms with Gasteiger partial charge in [0.15, 0.2) is 0 Å². The summed E-state index contributed by atoms with van der Waals surface area (Å²) in [6.45, 7) is -3.75. The molecule has 3 N–H and O–H groups in total. The van der Waals surface area contributed by atoms with Crippen LogP contribution in [0.1, 0.15) is 6.42 Å². The highest BCUT2D eigenvalue weighted by Crippen LogP contribution is 2.25. The van der Waals surface area contributed by atoms with Crippen molar-refractivity contribution in [3.05, 3.63) is 0 Å². The van der Waals surface area contributed by atoms with Gasteiger partial charge in [0, 0.05) is 0 Å². The van der Waals surface area contributed by atoms with Gasteiger partial charge in [0.2, 0.25) is 0 Å². The molecule has 0 aliphatic rings. The number of carboxylic acid groups (broad SMARTS) is 1. The number of carbonyl (C=O) groups is 1. The zero-order valence-corrected chi connectivity index (χ0v) is 8.20. The Bertz CT molecular complexity index is 170. The summed E-state index contributed by atoms with van der Waals surface area (Å²) in [5.41, 5.74) is 3.15. The van der Waals surface area contributed by atoms with Crippen molar-refractivity contribution >= 4 is 18.4 Å². The fraction of sp³-hybridized carbons (Fsp3) is 0.857. The molecule has 0 saturated heterocycles. The number of halogens is 4. The van der Waals surface area contributed by atoms with Crippen LogP contribution >= 0.6 is 12.4 Å². The van der Waals surface area contributed by atoms with Crippen LogP contribution in [-0.4, -0.2) is 37.1 Å². The van der Waals surface area contributed by atoms with Crippen molar-refractivity contribution in [2.24, 2.45) is 11.1 Å². The highest BCUT2D eigenvalue weighted by molar-refractivity contribution is 5.85. The number of hydrogen-bond donors (Lipinski definition) is 2. The van der Waals surface area contributed by atoms with Crippen molar-refractivity contribution in [3.8, 4) is 0 Å². The van der Waals surface area contributed by atoms with E-state index in [4.69, 9.17) is 10.8 Å². The van der Waals surface area contributed by atoms with E-state index < -0.39 is 43.9 Å². The van der Waals surface area contributed by atoms with Crippen molar-refractivity contribution in [2.75, 3.05) is 20.0 Å². The van der Waals surface area contributed by atoms with E-state index in [1.165, 1.54) is 0 Å². The molecule has 0 rings (SSSR count). The quantitative estimate of drug-likeness (QED) is 0.725. The fourth-order valence-electron chi connectivity index (χ4n) is 0.825. The Kier molecular flexibility index (Phi) is 7.85. The predicted octanol–water partition coefficient (Wildman–Crippen LogP) is 1.11. The molecule has 1 unspecified atom stereocenters. The molecule has 0 heterocycles. The van der Waals surface area contributed by atoms with Crippen LogP contribution in [0.5, 0.6) is 0 Å². The van der Waals surface area contributed by atoms with Crippen LogP contribution < -0.4 is 5.73 Å². The van der Waals surface area contributed by atoms with Gasteiger partial charge in [0.05, 0.1) is 5.41 Å². The monoisotopic (exact) mass is 235 g/mol. The summed E-state index contributed by atoms with van der Waals surface area (Å²) in [7, 11) is 0. The Morgan fingerprint density at radius 3 is 1.86 bits per heavy atom. The largest absolute Gasteiger partial charge is 0.480 e. The van der Waals surface area contributed by atoms with Gasteiger partial charge in [-0.25, -0.2) is 0 Å². The van der Waals surface area contributed by atoms with Crippen LogP contribution in [0.4, 0.5) is 13.2 Å². The van der Waals surface area contributed by atoms with Crippen LogP contribution in [0.15, 0.2) is 0 Å². The van der Waals surface area contributed by atoms with Crippen molar-refractivity contribution in [2.45, 2.75) is 12.5 Å². The predicted molar refractivity (Wildman–Crippen MR) is 47.8 cm³/mol. The van der Waals surface area contributed by atoms with Gasteiger partial charge in [-0.15, -0.1) is 12.4 Å². The highest BCUT2D eigenvalue weighted by Gasteiger charge is 2.35. The molecule has 3 nitrogen and oxygen atoms in total. The first kappa shape index (κ1) is 16.0. The van der Waals surface area contributed by atoms with Gasteiger partial charge in [-0.05, 0) is 6.42 Å². The second-order valence-electron chi connectivity index (χ2n) is 3.05. The Balaban J connectivity index is 0. The molecule has 0 aromatic carbocycles. The lowest BCUT2D eigenvalue weighted by molar-refractivity contribution is -0.139. The number of carboxylic acids is 1. The van der Waals surface area contributed by atoms with Crippen molar-refractivity contribution in [1.82, 2.24) is 0 Å². The van der Waals surface area contributed by atoms with E-state index in [0.29, 0.717) is 0 Å². The first-order chi connectivity index (χ1) is 6.01. The van der Waals surface area contributed by atoms with Crippen molar-refractivity contribution < 1.29 is 23.1 Å². The Morgan fingerprint density at radius 2 is 1.64 bits per heavy atom. The van der Waals surface area contributed by atoms with Gasteiger partial charge in [-0.1, -0.05) is 0 Å². The Morgan fingerprint density at radius 1 is 1.29 bits per heavy atom. The van der Waals surface area contributed by atoms with Crippen molar-refractivity contribution in [3.63, 3.8) is 0 Å². The van der Waals surface area contributed by atoms with Gasteiger partial charge < -0.3 is 10.8 Å². The van der Waals surface area contributed by atoms with E-state index in [9.17, 15) is 18.0 Å². The summed E-state index contributed by atoms with van der Waals surface area (Å²) in [4.78, 5) is 10.2. The van der Waals surface area contributed by atoms with E-state index in [-0.39, 0.29) is 12.4 Å². The van der Waals surface area contributed by atoms with E-state index in [1.54, 1.807) is 0 Å². The maximum Gasteiger partial charge on any atom is 0.320 e. The van der Waals surface area contributed by atoms with Gasteiger partial charge in [-0.2, -0.15) is 0 Å². The van der Waals surface area contributed by atoms with Gasteiger partial charge in [0.25, 0.3) is 0 Å². The maximum absolute atomic E-state index is 12.2. The van der Waals surface area contributed by atoms with Crippen LogP contribution in [0, 0.1) is 5.41 Å². The SMILES string of the molecule is Cl.NC(CC(CF)(CF)CF)C(=O)O. The zero-order chi connectivity index (χ0) is 10.5. The maximum atomic E-state index is 12.2. The summed E-state index contributed by atoms with van der Waals surface area (Å²) in [5.74, 6) is -1.39. The number of hydrogen-bond acceptors (Lipinski definition) is 2. The normalized spacial score (nSPS) is 13.1. The molecule has 0 aliphatic heterocycles. The molecule has 0 spiro atoms. The molecule has 0 amide bonds. The minimum absolute atomic E-state index is 0. The van der Waals surface area contributed by atoms with Crippen molar-refractivity contribution in [1.29, 1.82) is 0 Å². The molecule has 14 heavy (non-hydrogen) atoms. The molecular weight excluding hydrogens is 223 g/mol. The second kappa shape index (κ2) is 6.89. The molecule has 0 saturated carbocycles. The molecule has 1 atom stereocenters. The number of nitrogens with two attached hydrogens (primary N) is 1. The molecule has 86 valence electrons. The van der Waals surface area contributed by atoms with Crippen LogP contribution in [0.2, 0.25) is 0 Å². The second-order valence-corrected chi connectivity index (χ2v) is 3.05. The Hall–Kier alpha value is -0.490. The fourth-order valence-corrected chi connectivity index (χ4v) is 0.825. The zero-order valence-electron chi connectivity index (χ0n) is 7.38. The summed E-state index contributed by atoms with van der Waals surface area (Å²) >= 11 is 0. The number of aliphatic carboxylic acids is 1. The summed E-state index contributed by atoms with van der Waals surface area (Å²) < 4.78 is 36.6. The summed E-state index contributed by atoms with van der Waals surface area (Å²) in [5, 5.41) is 8.34. The lowest BCUT2D eigenvalue weighted by Gasteiger charge is -2.25. The van der Waals surface area contributed by atoms with E-state index >= 15 is 0 Å². The third-order valence-corrected chi connectivity index (χ3v) is 1.82. The van der Waals surface area contributed by atoms with E-state index in [1.807, 2.05) is 0 Å². The lowest BCUT2D eigenvalue weighted by atomic mass is 9.85. The molecule has 0 aromatic heterocycles. The van der Waals surface area contributed by atoms with Crippen LogP contribution in [-0.2, 0) is 4.79 Å². The molecule has 0 bridgehead atoms. The number of rotatable bonds is 6. The van der Waals surface area contributed by atoms with E-state index in [2.05, 4.69) is 0 Å². The van der Waals surface area contributed by atoms with E-state index in [0.717, 1.165) is 0 Å². The number of alkyl halides is 3. The minimum Gasteiger partial charge on any atom is -0.480 e. The molecule has 0 radical (unpaired) electrons. The molecule has 0 aromatic rings. The van der Waals surface area contributed by atoms with Gasteiger partial charge in [0.1, 0.15) is 26.1 Å². The summed E-state index contributed by atoms with van der Waals surface area (Å²) in [6.07, 6.45) is -0.536. The smallest absolute Gasteiger partial charge is 0.320 e. The third-order valence-electron chi connectivity index (χ3n) is 1.82. The topological polar surface area (TPSA) is 63.3 Å². The third kappa shape index (κ3) is 4.15. The highest BCUT2D eigenvalue weighted by atomic mass is 35.5. The average molecular weight is 236 g/mol. The van der Waals surface area contributed by atoms with Crippen LogP contribution in [0.25, 0.3) is 0 Å². The van der Waals surface area contributed by atoms with Gasteiger partial charge in [-0.3, -0.25) is 18.0 Å². The van der Waals surface area contributed by atoms with Gasteiger partial charge >= 0.3 is 5.97 Å². The summed E-state index contributed by atoms with van der Waals surface area (Å²) in [6, 6.07) is -1.43. The van der Waals surface area contributed by atoms with Crippen LogP contribution in [0.3, 0.4) is 0 Å². The first-order valence-corrected chi connectivity index (χ1v) is 3.67. The first-order valence-electron chi connectivity index (χ1n) is 3.67. The minimum atomic E-state index is -1.88.